The smallest absolute Gasteiger partial charge is 0.360 e. The first-order chi connectivity index (χ1) is 13.0. The summed E-state index contributed by atoms with van der Waals surface area (Å²) < 4.78 is 36.0. The molecule has 1 aromatic carbocycles. The molecular formula is C17H17BrF2N4O3. The highest BCUT2D eigenvalue weighted by Crippen LogP contribution is 2.29. The number of anilines is 3. The van der Waals surface area contributed by atoms with Crippen LogP contribution in [0.1, 0.15) is 22.6 Å². The third kappa shape index (κ3) is 4.51. The Labute approximate surface area is 162 Å². The van der Waals surface area contributed by atoms with Gasteiger partial charge < -0.3 is 19.7 Å². The minimum Gasteiger partial charge on any atom is -0.464 e. The molecule has 1 N–H and O–H groups in total. The molecule has 1 aromatic heterocycles. The molecule has 2 heterocycles. The minimum absolute atomic E-state index is 0.0977. The van der Waals surface area contributed by atoms with Crippen molar-refractivity contribution in [3.8, 4) is 0 Å². The summed E-state index contributed by atoms with van der Waals surface area (Å²) in [4.78, 5) is 21.8. The predicted molar refractivity (Wildman–Crippen MR) is 98.8 cm³/mol. The lowest BCUT2D eigenvalue weighted by Crippen LogP contribution is -2.36. The van der Waals surface area contributed by atoms with E-state index in [4.69, 9.17) is 4.74 Å². The summed E-state index contributed by atoms with van der Waals surface area (Å²) in [5.74, 6) is -0.879. The fraction of sp³-hybridized carbons (Fsp3) is 0.353. The van der Waals surface area contributed by atoms with Gasteiger partial charge in [-0.05, 0) is 40.2 Å². The van der Waals surface area contributed by atoms with Gasteiger partial charge in [-0.25, -0.2) is 23.5 Å². The number of nitrogens with zero attached hydrogens (tertiary/aromatic N) is 3. The summed E-state index contributed by atoms with van der Waals surface area (Å²) in [6, 6.07) is 7.34. The lowest BCUT2D eigenvalue weighted by molar-refractivity contribution is 0.0593. The van der Waals surface area contributed by atoms with Gasteiger partial charge in [0.1, 0.15) is 10.3 Å². The maximum atomic E-state index is 13.1. The molecule has 0 bridgehead atoms. The molecule has 7 nitrogen and oxygen atoms in total. The van der Waals surface area contributed by atoms with Crippen molar-refractivity contribution in [3.63, 3.8) is 0 Å². The second-order valence-corrected chi connectivity index (χ2v) is 6.41. The summed E-state index contributed by atoms with van der Waals surface area (Å²) in [7, 11) is 1.18. The first-order valence-corrected chi connectivity index (χ1v) is 8.92. The predicted octanol–water partition coefficient (Wildman–Crippen LogP) is 3.54. The Kier molecular flexibility index (Phi) is 6.17. The zero-order valence-corrected chi connectivity index (χ0v) is 16.0. The fourth-order valence-corrected chi connectivity index (χ4v) is 3.05. The van der Waals surface area contributed by atoms with Gasteiger partial charge in [-0.2, -0.15) is 0 Å². The van der Waals surface area contributed by atoms with Crippen LogP contribution in [0, 0.1) is 0 Å². The van der Waals surface area contributed by atoms with Crippen LogP contribution >= 0.6 is 15.9 Å². The van der Waals surface area contributed by atoms with Crippen molar-refractivity contribution in [2.45, 2.75) is 6.43 Å². The number of morpholine rings is 1. The zero-order valence-electron chi connectivity index (χ0n) is 14.4. The number of carbonyl (C=O) groups excluding carboxylic acids is 1. The van der Waals surface area contributed by atoms with Crippen molar-refractivity contribution >= 4 is 39.1 Å². The standard InChI is InChI=1S/C17H17BrF2N4O3/c1-26-17(25)13-16(23-12(15(19)20)14(18)22-13)21-10-2-4-11(5-3-10)24-6-8-27-9-7-24/h2-5,15H,6-9H2,1H3,(H,21,23). The minimum atomic E-state index is -2.84. The van der Waals surface area contributed by atoms with Crippen molar-refractivity contribution < 1.29 is 23.0 Å². The van der Waals surface area contributed by atoms with Crippen LogP contribution in [0.5, 0.6) is 0 Å². The Bertz CT molecular complexity index is 815. The van der Waals surface area contributed by atoms with Crippen molar-refractivity contribution in [1.82, 2.24) is 9.97 Å². The molecule has 0 saturated carbocycles. The molecule has 1 saturated heterocycles. The normalized spacial score (nSPS) is 14.3. The van der Waals surface area contributed by atoms with Crippen LogP contribution < -0.4 is 10.2 Å². The molecule has 0 amide bonds. The number of hydrogen-bond donors (Lipinski definition) is 1. The average Bonchev–Trinajstić information content (AvgIpc) is 2.69. The topological polar surface area (TPSA) is 76.6 Å². The second kappa shape index (κ2) is 8.57. The van der Waals surface area contributed by atoms with Gasteiger partial charge in [0, 0.05) is 24.5 Å². The number of rotatable bonds is 5. The molecule has 1 fully saturated rings. The van der Waals surface area contributed by atoms with Gasteiger partial charge in [-0.15, -0.1) is 0 Å². The SMILES string of the molecule is COC(=O)c1nc(Br)c(C(F)F)nc1Nc1ccc(N2CCOCC2)cc1. The molecule has 0 radical (unpaired) electrons. The number of benzene rings is 1. The zero-order chi connectivity index (χ0) is 19.4. The molecule has 0 atom stereocenters. The Hall–Kier alpha value is -2.33. The van der Waals surface area contributed by atoms with Crippen LogP contribution in [0.4, 0.5) is 26.0 Å². The fourth-order valence-electron chi connectivity index (χ4n) is 2.61. The Balaban J connectivity index is 1.87. The first kappa shape index (κ1) is 19.4. The summed E-state index contributed by atoms with van der Waals surface area (Å²) in [5.41, 5.74) is 0.849. The van der Waals surface area contributed by atoms with Crippen LogP contribution in [0.2, 0.25) is 0 Å². The molecule has 27 heavy (non-hydrogen) atoms. The summed E-state index contributed by atoms with van der Waals surface area (Å²) in [6.45, 7) is 2.95. The highest BCUT2D eigenvalue weighted by Gasteiger charge is 2.23. The Morgan fingerprint density at radius 2 is 1.93 bits per heavy atom. The quantitative estimate of drug-likeness (QED) is 0.709. The second-order valence-electron chi connectivity index (χ2n) is 5.66. The van der Waals surface area contributed by atoms with E-state index in [0.717, 1.165) is 18.8 Å². The summed E-state index contributed by atoms with van der Waals surface area (Å²) in [5, 5.41) is 2.87. The summed E-state index contributed by atoms with van der Waals surface area (Å²) in [6.07, 6.45) is -2.84. The van der Waals surface area contributed by atoms with Crippen molar-refractivity contribution in [2.75, 3.05) is 43.6 Å². The number of alkyl halides is 2. The Morgan fingerprint density at radius 1 is 1.26 bits per heavy atom. The van der Waals surface area contributed by atoms with Gasteiger partial charge in [-0.3, -0.25) is 0 Å². The molecule has 0 aliphatic carbocycles. The van der Waals surface area contributed by atoms with E-state index < -0.39 is 18.1 Å². The average molecular weight is 443 g/mol. The van der Waals surface area contributed by atoms with Gasteiger partial charge >= 0.3 is 5.97 Å². The largest absolute Gasteiger partial charge is 0.464 e. The van der Waals surface area contributed by atoms with E-state index in [9.17, 15) is 13.6 Å². The third-order valence-corrected chi connectivity index (χ3v) is 4.55. The lowest BCUT2D eigenvalue weighted by Gasteiger charge is -2.28. The number of aromatic nitrogens is 2. The van der Waals surface area contributed by atoms with E-state index in [1.165, 1.54) is 7.11 Å². The molecule has 10 heteroatoms. The van der Waals surface area contributed by atoms with Gasteiger partial charge in [0.2, 0.25) is 0 Å². The Morgan fingerprint density at radius 3 is 2.52 bits per heavy atom. The molecule has 0 unspecified atom stereocenters. The number of ether oxygens (including phenoxy) is 2. The van der Waals surface area contributed by atoms with E-state index in [2.05, 4.69) is 40.9 Å². The van der Waals surface area contributed by atoms with Gasteiger partial charge in [0.15, 0.2) is 11.5 Å². The van der Waals surface area contributed by atoms with Gasteiger partial charge in [0.25, 0.3) is 6.43 Å². The molecule has 3 rings (SSSR count). The molecule has 1 aliphatic rings. The monoisotopic (exact) mass is 442 g/mol. The molecule has 1 aliphatic heterocycles. The highest BCUT2D eigenvalue weighted by atomic mass is 79.9. The van der Waals surface area contributed by atoms with Gasteiger partial charge in [0.05, 0.1) is 20.3 Å². The highest BCUT2D eigenvalue weighted by molar-refractivity contribution is 9.10. The van der Waals surface area contributed by atoms with Crippen molar-refractivity contribution in [3.05, 3.63) is 40.3 Å². The van der Waals surface area contributed by atoms with Crippen LogP contribution in [0.25, 0.3) is 0 Å². The van der Waals surface area contributed by atoms with E-state index >= 15 is 0 Å². The number of nitrogens with one attached hydrogen (secondary N) is 1. The summed E-state index contributed by atoms with van der Waals surface area (Å²) >= 11 is 2.91. The molecule has 144 valence electrons. The molecular weight excluding hydrogens is 426 g/mol. The molecule has 0 spiro atoms. The first-order valence-electron chi connectivity index (χ1n) is 8.13. The van der Waals surface area contributed by atoms with E-state index in [1.54, 1.807) is 12.1 Å². The number of carbonyl (C=O) groups is 1. The van der Waals surface area contributed by atoms with Crippen LogP contribution in [0.3, 0.4) is 0 Å². The maximum absolute atomic E-state index is 13.1. The van der Waals surface area contributed by atoms with Gasteiger partial charge in [-0.1, -0.05) is 0 Å². The van der Waals surface area contributed by atoms with Crippen LogP contribution in [-0.4, -0.2) is 49.4 Å². The van der Waals surface area contributed by atoms with E-state index in [1.807, 2.05) is 12.1 Å². The lowest BCUT2D eigenvalue weighted by atomic mass is 10.2. The number of esters is 1. The van der Waals surface area contributed by atoms with Crippen LogP contribution in [-0.2, 0) is 9.47 Å². The number of halogens is 3. The van der Waals surface area contributed by atoms with Crippen molar-refractivity contribution in [2.24, 2.45) is 0 Å². The number of methoxy groups -OCH3 is 1. The van der Waals surface area contributed by atoms with Crippen molar-refractivity contribution in [1.29, 1.82) is 0 Å². The van der Waals surface area contributed by atoms with Crippen LogP contribution in [0.15, 0.2) is 28.9 Å². The maximum Gasteiger partial charge on any atom is 0.360 e. The van der Waals surface area contributed by atoms with E-state index in [-0.39, 0.29) is 16.1 Å². The number of hydrogen-bond acceptors (Lipinski definition) is 7. The van der Waals surface area contributed by atoms with E-state index in [0.29, 0.717) is 18.9 Å². The third-order valence-electron chi connectivity index (χ3n) is 3.97. The molecule has 2 aromatic rings.